The van der Waals surface area contributed by atoms with Gasteiger partial charge in [-0.15, -0.1) is 0 Å². The molecular formula is C14H24O4. The second-order valence-electron chi connectivity index (χ2n) is 4.96. The number of carbonyl (C=O) groups is 2. The topological polar surface area (TPSA) is 52.6 Å². The summed E-state index contributed by atoms with van der Waals surface area (Å²) in [6, 6.07) is 0. The molecule has 1 saturated carbocycles. The average molecular weight is 256 g/mol. The van der Waals surface area contributed by atoms with Crippen LogP contribution < -0.4 is 0 Å². The molecule has 0 N–H and O–H groups in total. The Morgan fingerprint density at radius 3 is 1.67 bits per heavy atom. The third-order valence-electron chi connectivity index (χ3n) is 3.74. The van der Waals surface area contributed by atoms with E-state index in [4.69, 9.17) is 9.47 Å². The van der Waals surface area contributed by atoms with Gasteiger partial charge in [-0.1, -0.05) is 6.42 Å². The first-order chi connectivity index (χ1) is 8.62. The Hall–Kier alpha value is -1.06. The summed E-state index contributed by atoms with van der Waals surface area (Å²) in [5.74, 6) is -0.250. The van der Waals surface area contributed by atoms with Crippen molar-refractivity contribution in [3.63, 3.8) is 0 Å². The molecule has 0 heterocycles. The molecule has 4 nitrogen and oxygen atoms in total. The molecule has 0 unspecified atom stereocenters. The van der Waals surface area contributed by atoms with Gasteiger partial charge < -0.3 is 9.47 Å². The summed E-state index contributed by atoms with van der Waals surface area (Å²) in [6.07, 6.45) is 6.05. The van der Waals surface area contributed by atoms with E-state index in [2.05, 4.69) is 0 Å². The van der Waals surface area contributed by atoms with Crippen LogP contribution in [0.5, 0.6) is 0 Å². The average Bonchev–Trinajstić information content (AvgIpc) is 2.28. The van der Waals surface area contributed by atoms with Crippen LogP contribution in [-0.4, -0.2) is 25.2 Å². The van der Waals surface area contributed by atoms with Crippen molar-refractivity contribution in [3.8, 4) is 0 Å². The molecular weight excluding hydrogens is 232 g/mol. The molecule has 0 aromatic carbocycles. The van der Waals surface area contributed by atoms with E-state index in [1.807, 2.05) is 13.8 Å². The Bertz CT molecular complexity index is 258. The largest absolute Gasteiger partial charge is 0.466 e. The van der Waals surface area contributed by atoms with Gasteiger partial charge in [0.15, 0.2) is 0 Å². The van der Waals surface area contributed by atoms with E-state index in [-0.39, 0.29) is 17.4 Å². The molecule has 18 heavy (non-hydrogen) atoms. The molecule has 104 valence electrons. The molecule has 0 radical (unpaired) electrons. The van der Waals surface area contributed by atoms with Gasteiger partial charge >= 0.3 is 11.9 Å². The monoisotopic (exact) mass is 256 g/mol. The third kappa shape index (κ3) is 4.67. The Morgan fingerprint density at radius 1 is 0.944 bits per heavy atom. The lowest BCUT2D eigenvalue weighted by atomic mass is 9.63. The molecule has 0 bridgehead atoms. The number of ether oxygens (including phenoxy) is 2. The second-order valence-corrected chi connectivity index (χ2v) is 4.96. The number of hydrogen-bond acceptors (Lipinski definition) is 4. The Balaban J connectivity index is 2.29. The van der Waals surface area contributed by atoms with Gasteiger partial charge in [0, 0.05) is 12.8 Å². The van der Waals surface area contributed by atoms with Crippen LogP contribution in [0.4, 0.5) is 0 Å². The van der Waals surface area contributed by atoms with E-state index in [1.54, 1.807) is 0 Å². The van der Waals surface area contributed by atoms with Gasteiger partial charge in [-0.3, -0.25) is 9.59 Å². The van der Waals surface area contributed by atoms with Crippen LogP contribution >= 0.6 is 0 Å². The fraction of sp³-hybridized carbons (Fsp3) is 0.857. The lowest BCUT2D eigenvalue weighted by Gasteiger charge is -2.42. The maximum Gasteiger partial charge on any atom is 0.305 e. The van der Waals surface area contributed by atoms with Crippen molar-refractivity contribution in [2.45, 2.75) is 58.8 Å². The van der Waals surface area contributed by atoms with Gasteiger partial charge in [-0.25, -0.2) is 0 Å². The van der Waals surface area contributed by atoms with E-state index >= 15 is 0 Å². The van der Waals surface area contributed by atoms with E-state index in [0.717, 1.165) is 25.7 Å². The standard InChI is InChI=1S/C14H24O4/c1-3-17-12(15)6-10-14(8-5-9-14)11-7-13(16)18-4-2/h3-11H2,1-2H3. The summed E-state index contributed by atoms with van der Waals surface area (Å²) in [4.78, 5) is 22.7. The molecule has 0 aromatic rings. The summed E-state index contributed by atoms with van der Waals surface area (Å²) in [7, 11) is 0. The van der Waals surface area contributed by atoms with Crippen molar-refractivity contribution < 1.29 is 19.1 Å². The first-order valence-corrected chi connectivity index (χ1v) is 6.93. The Morgan fingerprint density at radius 2 is 1.39 bits per heavy atom. The van der Waals surface area contributed by atoms with E-state index < -0.39 is 0 Å². The Labute approximate surface area is 109 Å². The Kier molecular flexibility index (Phi) is 6.16. The van der Waals surface area contributed by atoms with Crippen molar-refractivity contribution in [1.82, 2.24) is 0 Å². The van der Waals surface area contributed by atoms with Crippen LogP contribution in [-0.2, 0) is 19.1 Å². The maximum absolute atomic E-state index is 11.4. The molecule has 0 aliphatic heterocycles. The SMILES string of the molecule is CCOC(=O)CCC1(CCC(=O)OCC)CCC1. The lowest BCUT2D eigenvalue weighted by molar-refractivity contribution is -0.144. The lowest BCUT2D eigenvalue weighted by Crippen LogP contribution is -2.31. The van der Waals surface area contributed by atoms with Gasteiger partial charge in [-0.05, 0) is 44.9 Å². The molecule has 1 aliphatic rings. The normalized spacial score (nSPS) is 16.8. The molecule has 1 rings (SSSR count). The summed E-state index contributed by atoms with van der Waals surface area (Å²) < 4.78 is 9.88. The third-order valence-corrected chi connectivity index (χ3v) is 3.74. The van der Waals surface area contributed by atoms with Gasteiger partial charge in [-0.2, -0.15) is 0 Å². The molecule has 1 aliphatic carbocycles. The summed E-state index contributed by atoms with van der Waals surface area (Å²) in [6.45, 7) is 4.51. The fourth-order valence-corrected chi connectivity index (χ4v) is 2.50. The van der Waals surface area contributed by atoms with Crippen LogP contribution in [0.3, 0.4) is 0 Å². The van der Waals surface area contributed by atoms with E-state index in [1.165, 1.54) is 6.42 Å². The minimum Gasteiger partial charge on any atom is -0.466 e. The molecule has 1 fully saturated rings. The van der Waals surface area contributed by atoms with Crippen LogP contribution in [0.1, 0.15) is 58.8 Å². The number of carbonyl (C=O) groups excluding carboxylic acids is 2. The molecule has 0 spiro atoms. The first kappa shape index (κ1) is 15.0. The highest BCUT2D eigenvalue weighted by atomic mass is 16.5. The predicted octanol–water partition coefficient (Wildman–Crippen LogP) is 2.84. The van der Waals surface area contributed by atoms with Gasteiger partial charge in [0.2, 0.25) is 0 Å². The van der Waals surface area contributed by atoms with Gasteiger partial charge in [0.05, 0.1) is 13.2 Å². The summed E-state index contributed by atoms with van der Waals surface area (Å²) in [5, 5.41) is 0. The first-order valence-electron chi connectivity index (χ1n) is 6.93. The highest BCUT2D eigenvalue weighted by Gasteiger charge is 2.37. The van der Waals surface area contributed by atoms with Crippen molar-refractivity contribution in [1.29, 1.82) is 0 Å². The van der Waals surface area contributed by atoms with E-state index in [0.29, 0.717) is 26.1 Å². The minimum atomic E-state index is -0.125. The van der Waals surface area contributed by atoms with Crippen molar-refractivity contribution in [3.05, 3.63) is 0 Å². The van der Waals surface area contributed by atoms with Crippen molar-refractivity contribution in [2.24, 2.45) is 5.41 Å². The van der Waals surface area contributed by atoms with Crippen molar-refractivity contribution in [2.75, 3.05) is 13.2 Å². The zero-order chi connectivity index (χ0) is 13.4. The minimum absolute atomic E-state index is 0.125. The van der Waals surface area contributed by atoms with Crippen LogP contribution in [0.25, 0.3) is 0 Å². The fourth-order valence-electron chi connectivity index (χ4n) is 2.50. The molecule has 4 heteroatoms. The highest BCUT2D eigenvalue weighted by molar-refractivity contribution is 5.70. The van der Waals surface area contributed by atoms with Crippen LogP contribution in [0.2, 0.25) is 0 Å². The molecule has 0 saturated heterocycles. The molecule has 0 atom stereocenters. The maximum atomic E-state index is 11.4. The van der Waals surface area contributed by atoms with Crippen molar-refractivity contribution >= 4 is 11.9 Å². The zero-order valence-electron chi connectivity index (χ0n) is 11.5. The zero-order valence-corrected chi connectivity index (χ0v) is 11.5. The number of hydrogen-bond donors (Lipinski definition) is 0. The molecule has 0 amide bonds. The predicted molar refractivity (Wildman–Crippen MR) is 68.0 cm³/mol. The van der Waals surface area contributed by atoms with E-state index in [9.17, 15) is 9.59 Å². The summed E-state index contributed by atoms with van der Waals surface area (Å²) >= 11 is 0. The quantitative estimate of drug-likeness (QED) is 0.627. The number of esters is 2. The number of rotatable bonds is 8. The summed E-state index contributed by atoms with van der Waals surface area (Å²) in [5.41, 5.74) is 0.180. The van der Waals surface area contributed by atoms with Crippen LogP contribution in [0, 0.1) is 5.41 Å². The van der Waals surface area contributed by atoms with Crippen LogP contribution in [0.15, 0.2) is 0 Å². The van der Waals surface area contributed by atoms with Gasteiger partial charge in [0.1, 0.15) is 0 Å². The smallest absolute Gasteiger partial charge is 0.305 e. The second kappa shape index (κ2) is 7.39. The molecule has 0 aromatic heterocycles. The highest BCUT2D eigenvalue weighted by Crippen LogP contribution is 2.48. The van der Waals surface area contributed by atoms with Gasteiger partial charge in [0.25, 0.3) is 0 Å².